The lowest BCUT2D eigenvalue weighted by atomic mass is 9.91. The number of piperidine rings is 1. The van der Waals surface area contributed by atoms with Crippen molar-refractivity contribution in [2.75, 3.05) is 24.5 Å². The summed E-state index contributed by atoms with van der Waals surface area (Å²) in [4.78, 5) is 38.0. The van der Waals surface area contributed by atoms with Crippen molar-refractivity contribution in [3.8, 4) is 0 Å². The van der Waals surface area contributed by atoms with Gasteiger partial charge in [-0.1, -0.05) is 6.07 Å². The van der Waals surface area contributed by atoms with Crippen LogP contribution in [0.1, 0.15) is 35.8 Å². The van der Waals surface area contributed by atoms with E-state index in [9.17, 15) is 9.59 Å². The Bertz CT molecular complexity index is 846. The third-order valence-corrected chi connectivity index (χ3v) is 5.47. The molecular formula is C20H23N5O2. The van der Waals surface area contributed by atoms with Crippen LogP contribution in [-0.4, -0.2) is 52.0 Å². The van der Waals surface area contributed by atoms with Crippen LogP contribution in [0, 0.1) is 0 Å². The van der Waals surface area contributed by atoms with Gasteiger partial charge in [0, 0.05) is 50.6 Å². The third kappa shape index (κ3) is 3.13. The van der Waals surface area contributed by atoms with Crippen molar-refractivity contribution >= 4 is 17.6 Å². The molecule has 1 fully saturated rings. The minimum absolute atomic E-state index is 0.0762. The van der Waals surface area contributed by atoms with Crippen molar-refractivity contribution in [1.82, 2.24) is 20.2 Å². The van der Waals surface area contributed by atoms with Crippen molar-refractivity contribution in [3.05, 3.63) is 54.0 Å². The smallest absolute Gasteiger partial charge is 0.256 e. The van der Waals surface area contributed by atoms with Crippen molar-refractivity contribution in [2.45, 2.75) is 31.8 Å². The van der Waals surface area contributed by atoms with Crippen LogP contribution in [0.25, 0.3) is 0 Å². The second-order valence-electron chi connectivity index (χ2n) is 6.98. The largest absolute Gasteiger partial charge is 0.342 e. The van der Waals surface area contributed by atoms with Gasteiger partial charge in [0.25, 0.3) is 5.91 Å². The Balaban J connectivity index is 1.49. The molecule has 4 rings (SSSR count). The molecule has 7 heteroatoms. The summed E-state index contributed by atoms with van der Waals surface area (Å²) in [5.74, 6) is 0.723. The Morgan fingerprint density at radius 3 is 2.63 bits per heavy atom. The first kappa shape index (κ1) is 17.5. The van der Waals surface area contributed by atoms with Gasteiger partial charge >= 0.3 is 0 Å². The predicted molar refractivity (Wildman–Crippen MR) is 101 cm³/mol. The average Bonchev–Trinajstić information content (AvgIpc) is 2.70. The second kappa shape index (κ2) is 6.98. The summed E-state index contributed by atoms with van der Waals surface area (Å²) in [6.07, 6.45) is 5.09. The monoisotopic (exact) mass is 365 g/mol. The number of aromatic nitrogens is 2. The number of anilines is 1. The van der Waals surface area contributed by atoms with Crippen LogP contribution in [0.4, 0.5) is 5.82 Å². The standard InChI is InChI=1S/C20H23N5O2/c1-2-25-18-16(7-5-11-22-18)19(27)23-20(25)8-12-24(13-9-20)17(26)14-15-6-3-4-10-21-15/h3-7,10-11H,2,8-9,12-14H2,1H3,(H,23,27). The summed E-state index contributed by atoms with van der Waals surface area (Å²) in [5.41, 5.74) is 0.912. The van der Waals surface area contributed by atoms with E-state index in [-0.39, 0.29) is 11.8 Å². The number of nitrogens with zero attached hydrogens (tertiary/aromatic N) is 4. The molecule has 2 aromatic heterocycles. The number of carbonyl (C=O) groups is 2. The van der Waals surface area contributed by atoms with Gasteiger partial charge in [0.2, 0.25) is 5.91 Å². The number of nitrogens with one attached hydrogen (secondary N) is 1. The van der Waals surface area contributed by atoms with Crippen LogP contribution in [0.5, 0.6) is 0 Å². The van der Waals surface area contributed by atoms with Crippen molar-refractivity contribution < 1.29 is 9.59 Å². The van der Waals surface area contributed by atoms with Crippen molar-refractivity contribution in [3.63, 3.8) is 0 Å². The summed E-state index contributed by atoms with van der Waals surface area (Å²) in [7, 11) is 0. The van der Waals surface area contributed by atoms with E-state index < -0.39 is 5.66 Å². The zero-order chi connectivity index (χ0) is 18.9. The molecule has 0 atom stereocenters. The normalized spacial score (nSPS) is 18.2. The maximum atomic E-state index is 12.6. The van der Waals surface area contributed by atoms with Crippen LogP contribution >= 0.6 is 0 Å². The van der Waals surface area contributed by atoms with E-state index in [4.69, 9.17) is 0 Å². The van der Waals surface area contributed by atoms with Gasteiger partial charge in [-0.25, -0.2) is 4.98 Å². The maximum Gasteiger partial charge on any atom is 0.256 e. The van der Waals surface area contributed by atoms with E-state index in [0.29, 0.717) is 37.9 Å². The van der Waals surface area contributed by atoms with E-state index in [1.54, 1.807) is 24.5 Å². The predicted octanol–water partition coefficient (Wildman–Crippen LogP) is 1.61. The van der Waals surface area contributed by atoms with Crippen LogP contribution in [-0.2, 0) is 11.2 Å². The summed E-state index contributed by atoms with van der Waals surface area (Å²) < 4.78 is 0. The number of hydrogen-bond acceptors (Lipinski definition) is 5. The van der Waals surface area contributed by atoms with Gasteiger partial charge in [0.1, 0.15) is 11.5 Å². The molecule has 0 aliphatic carbocycles. The molecule has 7 nitrogen and oxygen atoms in total. The molecule has 1 spiro atoms. The second-order valence-corrected chi connectivity index (χ2v) is 6.98. The van der Waals surface area contributed by atoms with E-state index in [0.717, 1.165) is 18.1 Å². The van der Waals surface area contributed by atoms with E-state index >= 15 is 0 Å². The summed E-state index contributed by atoms with van der Waals surface area (Å²) in [6, 6.07) is 9.19. The molecule has 2 aliphatic heterocycles. The lowest BCUT2D eigenvalue weighted by Gasteiger charge is -2.51. The fourth-order valence-corrected chi connectivity index (χ4v) is 4.08. The number of pyridine rings is 2. The molecule has 0 radical (unpaired) electrons. The third-order valence-electron chi connectivity index (χ3n) is 5.47. The van der Waals surface area contributed by atoms with Gasteiger partial charge in [-0.05, 0) is 31.2 Å². The molecule has 140 valence electrons. The number of likely N-dealkylation sites (tertiary alicyclic amines) is 1. The fraction of sp³-hybridized carbons (Fsp3) is 0.400. The van der Waals surface area contributed by atoms with E-state index in [2.05, 4.69) is 27.1 Å². The molecule has 1 N–H and O–H groups in total. The number of fused-ring (bicyclic) bond motifs is 1. The molecule has 0 bridgehead atoms. The molecular weight excluding hydrogens is 342 g/mol. The van der Waals surface area contributed by atoms with Crippen molar-refractivity contribution in [2.24, 2.45) is 0 Å². The number of amides is 2. The molecule has 0 saturated carbocycles. The average molecular weight is 365 g/mol. The highest BCUT2D eigenvalue weighted by Gasteiger charge is 2.46. The van der Waals surface area contributed by atoms with Gasteiger partial charge in [-0.15, -0.1) is 0 Å². The highest BCUT2D eigenvalue weighted by Crippen LogP contribution is 2.35. The zero-order valence-electron chi connectivity index (χ0n) is 15.4. The molecule has 2 aromatic rings. The van der Waals surface area contributed by atoms with Crippen LogP contribution in [0.3, 0.4) is 0 Å². The lowest BCUT2D eigenvalue weighted by Crippen LogP contribution is -2.68. The van der Waals surface area contributed by atoms with Gasteiger partial charge in [-0.3, -0.25) is 14.6 Å². The van der Waals surface area contributed by atoms with Gasteiger partial charge in [0.05, 0.1) is 12.0 Å². The van der Waals surface area contributed by atoms with Crippen LogP contribution in [0.15, 0.2) is 42.7 Å². The van der Waals surface area contributed by atoms with Crippen molar-refractivity contribution in [1.29, 1.82) is 0 Å². The van der Waals surface area contributed by atoms with Gasteiger partial charge in [-0.2, -0.15) is 0 Å². The van der Waals surface area contributed by atoms with Gasteiger partial charge in [0.15, 0.2) is 0 Å². The van der Waals surface area contributed by atoms with E-state index in [1.165, 1.54) is 0 Å². The number of rotatable bonds is 3. The Kier molecular flexibility index (Phi) is 4.51. The Morgan fingerprint density at radius 1 is 1.15 bits per heavy atom. The fourth-order valence-electron chi connectivity index (χ4n) is 4.08. The first-order chi connectivity index (χ1) is 13.1. The first-order valence-electron chi connectivity index (χ1n) is 9.36. The maximum absolute atomic E-state index is 12.6. The first-order valence-corrected chi connectivity index (χ1v) is 9.36. The van der Waals surface area contributed by atoms with E-state index in [1.807, 2.05) is 23.1 Å². The molecule has 2 amide bonds. The topological polar surface area (TPSA) is 78.4 Å². The highest BCUT2D eigenvalue weighted by molar-refractivity contribution is 6.01. The minimum Gasteiger partial charge on any atom is -0.342 e. The molecule has 1 saturated heterocycles. The van der Waals surface area contributed by atoms with Crippen LogP contribution < -0.4 is 10.2 Å². The zero-order valence-corrected chi connectivity index (χ0v) is 15.4. The van der Waals surface area contributed by atoms with Crippen LogP contribution in [0.2, 0.25) is 0 Å². The molecule has 0 aromatic carbocycles. The molecule has 0 unspecified atom stereocenters. The summed E-state index contributed by atoms with van der Waals surface area (Å²) in [6.45, 7) is 4.01. The Labute approximate surface area is 158 Å². The summed E-state index contributed by atoms with van der Waals surface area (Å²) >= 11 is 0. The Morgan fingerprint density at radius 2 is 1.93 bits per heavy atom. The number of hydrogen-bond donors (Lipinski definition) is 1. The van der Waals surface area contributed by atoms with Gasteiger partial charge < -0.3 is 15.1 Å². The lowest BCUT2D eigenvalue weighted by molar-refractivity contribution is -0.132. The molecule has 4 heterocycles. The SMILES string of the molecule is CCN1c2ncccc2C(=O)NC12CCN(C(=O)Cc1ccccn1)CC2. The minimum atomic E-state index is -0.477. The highest BCUT2D eigenvalue weighted by atomic mass is 16.2. The molecule has 2 aliphatic rings. The summed E-state index contributed by atoms with van der Waals surface area (Å²) in [5, 5.41) is 3.19. The quantitative estimate of drug-likeness (QED) is 0.894. The molecule has 27 heavy (non-hydrogen) atoms. The number of carbonyl (C=O) groups excluding carboxylic acids is 2. The Hall–Kier alpha value is -2.96.